The van der Waals surface area contributed by atoms with Crippen molar-refractivity contribution in [2.75, 3.05) is 19.7 Å². The lowest BCUT2D eigenvalue weighted by Gasteiger charge is -2.18. The van der Waals surface area contributed by atoms with E-state index in [2.05, 4.69) is 22.4 Å². The van der Waals surface area contributed by atoms with Crippen LogP contribution in [0, 0.1) is 0 Å². The minimum Gasteiger partial charge on any atom is -0.489 e. The van der Waals surface area contributed by atoms with Gasteiger partial charge in [0.15, 0.2) is 0 Å². The molecule has 21 heavy (non-hydrogen) atoms. The average Bonchev–Trinajstić information content (AvgIpc) is 2.94. The van der Waals surface area contributed by atoms with Crippen LogP contribution in [-0.2, 0) is 0 Å². The van der Waals surface area contributed by atoms with E-state index in [0.29, 0.717) is 23.2 Å². The zero-order valence-electron chi connectivity index (χ0n) is 12.0. The van der Waals surface area contributed by atoms with Crippen LogP contribution in [0.1, 0.15) is 24.8 Å². The van der Waals surface area contributed by atoms with Crippen LogP contribution >= 0.6 is 23.2 Å². The third-order valence-electron chi connectivity index (χ3n) is 3.21. The number of nitrogens with zero attached hydrogens (tertiary/aromatic N) is 1. The number of aliphatic imine (C=N–C) groups is 1. The topological polar surface area (TPSA) is 45.6 Å². The van der Waals surface area contributed by atoms with Crippen molar-refractivity contribution >= 4 is 29.0 Å². The van der Waals surface area contributed by atoms with Crippen molar-refractivity contribution in [2.45, 2.75) is 19.3 Å². The van der Waals surface area contributed by atoms with Gasteiger partial charge >= 0.3 is 0 Å². The van der Waals surface area contributed by atoms with Crippen LogP contribution in [0.3, 0.4) is 0 Å². The molecule has 1 heterocycles. The average molecular weight is 328 g/mol. The van der Waals surface area contributed by atoms with Crippen molar-refractivity contribution in [1.29, 1.82) is 0 Å². The van der Waals surface area contributed by atoms with E-state index in [4.69, 9.17) is 27.9 Å². The van der Waals surface area contributed by atoms with E-state index in [1.807, 2.05) is 13.0 Å². The first-order chi connectivity index (χ1) is 10.2. The van der Waals surface area contributed by atoms with Gasteiger partial charge in [0.2, 0.25) is 0 Å². The van der Waals surface area contributed by atoms with E-state index in [1.165, 1.54) is 0 Å². The molecule has 1 aliphatic heterocycles. The van der Waals surface area contributed by atoms with Crippen molar-refractivity contribution < 1.29 is 4.74 Å². The van der Waals surface area contributed by atoms with E-state index < -0.39 is 0 Å². The fourth-order valence-electron chi connectivity index (χ4n) is 2.26. The lowest BCUT2D eigenvalue weighted by Crippen LogP contribution is -2.36. The first-order valence-electron chi connectivity index (χ1n) is 6.91. The van der Waals surface area contributed by atoms with Gasteiger partial charge in [0.25, 0.3) is 0 Å². The Balaban J connectivity index is 2.19. The first kappa shape index (κ1) is 16.1. The molecule has 6 heteroatoms. The Bertz CT molecular complexity index is 546. The molecule has 4 nitrogen and oxygen atoms in total. The highest BCUT2D eigenvalue weighted by Crippen LogP contribution is 2.41. The molecule has 0 radical (unpaired) electrons. The molecule has 1 aromatic carbocycles. The maximum atomic E-state index is 6.38. The number of hydrazine groups is 1. The molecule has 0 unspecified atom stereocenters. The van der Waals surface area contributed by atoms with Crippen LogP contribution in [0.15, 0.2) is 29.8 Å². The van der Waals surface area contributed by atoms with Crippen molar-refractivity contribution in [2.24, 2.45) is 4.99 Å². The largest absolute Gasteiger partial charge is 0.489 e. The zero-order valence-corrected chi connectivity index (χ0v) is 13.5. The number of hydrogen-bond donors (Lipinski definition) is 2. The third-order valence-corrected chi connectivity index (χ3v) is 4.03. The quantitative estimate of drug-likeness (QED) is 0.620. The van der Waals surface area contributed by atoms with E-state index in [-0.39, 0.29) is 5.92 Å². The molecule has 2 rings (SSSR count). The highest BCUT2D eigenvalue weighted by atomic mass is 35.5. The number of ether oxygens (including phenoxy) is 1. The Morgan fingerprint density at radius 1 is 1.48 bits per heavy atom. The SMILES string of the molecule is C=CCOc1ccc(Cl)c(Cl)c1[C@H]1CN=C(NNCC)C1. The number of rotatable bonds is 6. The minimum atomic E-state index is 0.164. The van der Waals surface area contributed by atoms with Gasteiger partial charge in [-0.2, -0.15) is 0 Å². The van der Waals surface area contributed by atoms with Gasteiger partial charge in [-0.25, -0.2) is 5.43 Å². The second kappa shape index (κ2) is 7.69. The molecule has 114 valence electrons. The van der Waals surface area contributed by atoms with Gasteiger partial charge in [-0.15, -0.1) is 0 Å². The van der Waals surface area contributed by atoms with Gasteiger partial charge in [0.05, 0.1) is 10.0 Å². The number of benzene rings is 1. The molecule has 0 amide bonds. The predicted molar refractivity (Wildman–Crippen MR) is 88.6 cm³/mol. The summed E-state index contributed by atoms with van der Waals surface area (Å²) in [5.74, 6) is 1.83. The van der Waals surface area contributed by atoms with Gasteiger partial charge in [-0.1, -0.05) is 42.8 Å². The normalized spacial score (nSPS) is 17.5. The predicted octanol–water partition coefficient (Wildman–Crippen LogP) is 3.56. The van der Waals surface area contributed by atoms with Crippen LogP contribution in [0.5, 0.6) is 5.75 Å². The van der Waals surface area contributed by atoms with E-state index >= 15 is 0 Å². The molecular weight excluding hydrogens is 309 g/mol. The molecule has 0 spiro atoms. The molecule has 0 aliphatic carbocycles. The highest BCUT2D eigenvalue weighted by molar-refractivity contribution is 6.42. The van der Waals surface area contributed by atoms with Gasteiger partial charge in [0, 0.05) is 31.0 Å². The van der Waals surface area contributed by atoms with Crippen LogP contribution in [-0.4, -0.2) is 25.5 Å². The molecule has 0 saturated heterocycles. The molecular formula is C15H19Cl2N3O. The number of hydrogen-bond acceptors (Lipinski definition) is 4. The molecule has 0 fully saturated rings. The summed E-state index contributed by atoms with van der Waals surface area (Å²) in [5, 5.41) is 1.08. The fraction of sp³-hybridized carbons (Fsp3) is 0.400. The number of halogens is 2. The standard InChI is InChI=1S/C15H19Cl2N3O/c1-3-7-21-12-6-5-11(16)15(17)14(12)10-8-13(18-9-10)20-19-4-2/h3,5-6,10,19H,1,4,7-9H2,2H3,(H,18,20)/t10-/m1/s1. The van der Waals surface area contributed by atoms with Gasteiger partial charge < -0.3 is 10.2 Å². The monoisotopic (exact) mass is 327 g/mol. The Kier molecular flexibility index (Phi) is 5.91. The summed E-state index contributed by atoms with van der Waals surface area (Å²) in [6, 6.07) is 3.60. The van der Waals surface area contributed by atoms with E-state index in [9.17, 15) is 0 Å². The van der Waals surface area contributed by atoms with Gasteiger partial charge in [-0.05, 0) is 12.1 Å². The molecule has 1 atom stereocenters. The molecule has 0 bridgehead atoms. The number of nitrogens with one attached hydrogen (secondary N) is 2. The molecule has 0 aromatic heterocycles. The van der Waals surface area contributed by atoms with Crippen molar-refractivity contribution in [3.8, 4) is 5.75 Å². The van der Waals surface area contributed by atoms with E-state index in [1.54, 1.807) is 12.1 Å². The Morgan fingerprint density at radius 3 is 3.00 bits per heavy atom. The second-order valence-corrected chi connectivity index (χ2v) is 5.50. The third kappa shape index (κ3) is 3.90. The summed E-state index contributed by atoms with van der Waals surface area (Å²) in [5.41, 5.74) is 7.07. The number of amidine groups is 1. The molecule has 0 saturated carbocycles. The summed E-state index contributed by atoms with van der Waals surface area (Å²) in [4.78, 5) is 4.49. The zero-order chi connectivity index (χ0) is 15.2. The molecule has 2 N–H and O–H groups in total. The highest BCUT2D eigenvalue weighted by Gasteiger charge is 2.26. The summed E-state index contributed by atoms with van der Waals surface area (Å²) in [7, 11) is 0. The Labute approximate surface area is 135 Å². The van der Waals surface area contributed by atoms with Crippen LogP contribution in [0.2, 0.25) is 10.0 Å². The Morgan fingerprint density at radius 2 is 2.29 bits per heavy atom. The minimum absolute atomic E-state index is 0.164. The van der Waals surface area contributed by atoms with Gasteiger partial charge in [0.1, 0.15) is 18.2 Å². The Hall–Kier alpha value is -1.23. The van der Waals surface area contributed by atoms with E-state index in [0.717, 1.165) is 30.1 Å². The summed E-state index contributed by atoms with van der Waals surface area (Å²) < 4.78 is 5.70. The lowest BCUT2D eigenvalue weighted by molar-refractivity contribution is 0.357. The molecule has 1 aliphatic rings. The summed E-state index contributed by atoms with van der Waals surface area (Å²) in [6.45, 7) is 7.61. The fourth-order valence-corrected chi connectivity index (χ4v) is 2.74. The van der Waals surface area contributed by atoms with Crippen LogP contribution in [0.4, 0.5) is 0 Å². The lowest BCUT2D eigenvalue weighted by atomic mass is 9.96. The maximum Gasteiger partial charge on any atom is 0.124 e. The second-order valence-electron chi connectivity index (χ2n) is 4.72. The summed E-state index contributed by atoms with van der Waals surface area (Å²) >= 11 is 12.5. The van der Waals surface area contributed by atoms with Crippen LogP contribution < -0.4 is 15.6 Å². The first-order valence-corrected chi connectivity index (χ1v) is 7.66. The maximum absolute atomic E-state index is 6.38. The van der Waals surface area contributed by atoms with Crippen molar-refractivity contribution in [1.82, 2.24) is 10.9 Å². The van der Waals surface area contributed by atoms with Crippen LogP contribution in [0.25, 0.3) is 0 Å². The van der Waals surface area contributed by atoms with Crippen molar-refractivity contribution in [3.05, 3.63) is 40.4 Å². The van der Waals surface area contributed by atoms with Gasteiger partial charge in [-0.3, -0.25) is 4.99 Å². The smallest absolute Gasteiger partial charge is 0.124 e. The van der Waals surface area contributed by atoms with Crippen molar-refractivity contribution in [3.63, 3.8) is 0 Å². The molecule has 1 aromatic rings. The summed E-state index contributed by atoms with van der Waals surface area (Å²) in [6.07, 6.45) is 2.48.